The van der Waals surface area contributed by atoms with E-state index in [1.807, 2.05) is 19.9 Å². The van der Waals surface area contributed by atoms with Crippen molar-refractivity contribution in [2.45, 2.75) is 39.7 Å². The van der Waals surface area contributed by atoms with Gasteiger partial charge in [-0.3, -0.25) is 0 Å². The largest absolute Gasteiger partial charge is 0.376 e. The van der Waals surface area contributed by atoms with Crippen molar-refractivity contribution in [1.82, 2.24) is 0 Å². The molecular formula is C13H19NOS. The van der Waals surface area contributed by atoms with Gasteiger partial charge in [0, 0.05) is 11.5 Å². The van der Waals surface area contributed by atoms with Crippen molar-refractivity contribution < 1.29 is 4.74 Å². The van der Waals surface area contributed by atoms with Crippen LogP contribution in [0.4, 0.5) is 0 Å². The zero-order valence-corrected chi connectivity index (χ0v) is 10.8. The van der Waals surface area contributed by atoms with Crippen molar-refractivity contribution >= 4 is 11.3 Å². The zero-order chi connectivity index (χ0) is 11.9. The van der Waals surface area contributed by atoms with Crippen LogP contribution in [0.15, 0.2) is 17.5 Å². The lowest BCUT2D eigenvalue weighted by Crippen LogP contribution is -2.07. The third-order valence-electron chi connectivity index (χ3n) is 2.47. The van der Waals surface area contributed by atoms with Gasteiger partial charge in [-0.25, -0.2) is 0 Å². The molecule has 88 valence electrons. The fraction of sp³-hybridized carbons (Fsp3) is 0.615. The Morgan fingerprint density at radius 2 is 2.25 bits per heavy atom. The van der Waals surface area contributed by atoms with Crippen LogP contribution in [0, 0.1) is 16.7 Å². The molecule has 0 saturated heterocycles. The molecule has 0 aliphatic heterocycles. The topological polar surface area (TPSA) is 33.0 Å². The van der Waals surface area contributed by atoms with E-state index in [0.717, 1.165) is 32.5 Å². The van der Waals surface area contributed by atoms with Gasteiger partial charge in [0.1, 0.15) is 0 Å². The number of thiophene rings is 1. The predicted octanol–water partition coefficient (Wildman–Crippen LogP) is 3.98. The summed E-state index contributed by atoms with van der Waals surface area (Å²) < 4.78 is 5.55. The number of unbranched alkanes of at least 4 members (excludes halogenated alkanes) is 1. The van der Waals surface area contributed by atoms with E-state index < -0.39 is 0 Å². The second kappa shape index (κ2) is 6.67. The second-order valence-electron chi connectivity index (χ2n) is 4.58. The molecule has 0 spiro atoms. The summed E-state index contributed by atoms with van der Waals surface area (Å²) >= 11 is 1.73. The Hall–Kier alpha value is -0.850. The van der Waals surface area contributed by atoms with Crippen LogP contribution in [-0.2, 0) is 11.3 Å². The molecule has 1 rings (SSSR count). The minimum absolute atomic E-state index is 0.187. The fourth-order valence-corrected chi connectivity index (χ4v) is 2.03. The monoisotopic (exact) mass is 237 g/mol. The van der Waals surface area contributed by atoms with E-state index in [4.69, 9.17) is 10.00 Å². The van der Waals surface area contributed by atoms with Crippen molar-refractivity contribution in [1.29, 1.82) is 5.26 Å². The highest BCUT2D eigenvalue weighted by Crippen LogP contribution is 2.21. The quantitative estimate of drug-likeness (QED) is 0.672. The number of hydrogen-bond donors (Lipinski definition) is 0. The van der Waals surface area contributed by atoms with E-state index in [1.54, 1.807) is 11.3 Å². The van der Waals surface area contributed by atoms with Crippen LogP contribution in [0.3, 0.4) is 0 Å². The Bertz CT molecular complexity index is 324. The van der Waals surface area contributed by atoms with Gasteiger partial charge < -0.3 is 4.74 Å². The van der Waals surface area contributed by atoms with Crippen LogP contribution in [0.1, 0.15) is 38.0 Å². The van der Waals surface area contributed by atoms with Gasteiger partial charge in [-0.15, -0.1) is 11.3 Å². The molecule has 0 unspecified atom stereocenters. The molecule has 3 heteroatoms. The number of rotatable bonds is 7. The molecule has 0 aromatic carbocycles. The smallest absolute Gasteiger partial charge is 0.0809 e. The molecule has 0 bridgehead atoms. The maximum atomic E-state index is 8.84. The Morgan fingerprint density at radius 1 is 1.44 bits per heavy atom. The molecule has 1 heterocycles. The van der Waals surface area contributed by atoms with Crippen LogP contribution in [0.25, 0.3) is 0 Å². The zero-order valence-electron chi connectivity index (χ0n) is 10.0. The summed E-state index contributed by atoms with van der Waals surface area (Å²) in [6, 6.07) is 6.44. The predicted molar refractivity (Wildman–Crippen MR) is 67.2 cm³/mol. The van der Waals surface area contributed by atoms with Crippen LogP contribution < -0.4 is 0 Å². The number of ether oxygens (including phenoxy) is 1. The summed E-state index contributed by atoms with van der Waals surface area (Å²) in [4.78, 5) is 1.28. The lowest BCUT2D eigenvalue weighted by Gasteiger charge is -2.14. The molecular weight excluding hydrogens is 218 g/mol. The SMILES string of the molecule is CC(C)(C#N)CCCCOCc1cccs1. The summed E-state index contributed by atoms with van der Waals surface area (Å²) in [5, 5.41) is 10.9. The third kappa shape index (κ3) is 5.29. The molecule has 0 radical (unpaired) electrons. The average Bonchev–Trinajstić information content (AvgIpc) is 2.76. The highest BCUT2D eigenvalue weighted by atomic mass is 32.1. The first-order valence-electron chi connectivity index (χ1n) is 5.65. The van der Waals surface area contributed by atoms with Gasteiger partial charge in [0.05, 0.1) is 18.1 Å². The van der Waals surface area contributed by atoms with E-state index in [1.165, 1.54) is 4.88 Å². The van der Waals surface area contributed by atoms with Crippen molar-refractivity contribution in [3.63, 3.8) is 0 Å². The molecule has 1 aromatic heterocycles. The average molecular weight is 237 g/mol. The fourth-order valence-electron chi connectivity index (χ4n) is 1.39. The normalized spacial score (nSPS) is 11.3. The molecule has 16 heavy (non-hydrogen) atoms. The molecule has 0 fully saturated rings. The van der Waals surface area contributed by atoms with Gasteiger partial charge in [0.25, 0.3) is 0 Å². The van der Waals surface area contributed by atoms with E-state index in [0.29, 0.717) is 0 Å². The number of nitriles is 1. The standard InChI is InChI=1S/C13H19NOS/c1-13(2,11-14)7-3-4-8-15-10-12-6-5-9-16-12/h5-6,9H,3-4,7-8,10H2,1-2H3. The third-order valence-corrected chi connectivity index (χ3v) is 3.32. The summed E-state index contributed by atoms with van der Waals surface area (Å²) in [5.41, 5.74) is -0.187. The highest BCUT2D eigenvalue weighted by Gasteiger charge is 2.15. The van der Waals surface area contributed by atoms with Gasteiger partial charge in [0.2, 0.25) is 0 Å². The molecule has 0 amide bonds. The van der Waals surface area contributed by atoms with Gasteiger partial charge in [-0.1, -0.05) is 6.07 Å². The molecule has 0 N–H and O–H groups in total. The van der Waals surface area contributed by atoms with Crippen LogP contribution in [0.2, 0.25) is 0 Å². The van der Waals surface area contributed by atoms with Crippen molar-refractivity contribution in [3.05, 3.63) is 22.4 Å². The van der Waals surface area contributed by atoms with Crippen LogP contribution in [-0.4, -0.2) is 6.61 Å². The Labute approximate surface area is 102 Å². The highest BCUT2D eigenvalue weighted by molar-refractivity contribution is 7.09. The molecule has 2 nitrogen and oxygen atoms in total. The van der Waals surface area contributed by atoms with Gasteiger partial charge in [-0.05, 0) is 44.6 Å². The van der Waals surface area contributed by atoms with Crippen molar-refractivity contribution in [2.75, 3.05) is 6.61 Å². The van der Waals surface area contributed by atoms with Gasteiger partial charge >= 0.3 is 0 Å². The molecule has 0 atom stereocenters. The lowest BCUT2D eigenvalue weighted by atomic mass is 9.89. The Morgan fingerprint density at radius 3 is 2.88 bits per heavy atom. The molecule has 0 saturated carbocycles. The van der Waals surface area contributed by atoms with E-state index in [9.17, 15) is 0 Å². The molecule has 1 aromatic rings. The Kier molecular flexibility index (Phi) is 5.51. The maximum Gasteiger partial charge on any atom is 0.0809 e. The summed E-state index contributed by atoms with van der Waals surface area (Å²) in [7, 11) is 0. The molecule has 0 aliphatic rings. The lowest BCUT2D eigenvalue weighted by molar-refractivity contribution is 0.117. The first-order chi connectivity index (χ1) is 7.64. The Balaban J connectivity index is 1.99. The van der Waals surface area contributed by atoms with Crippen molar-refractivity contribution in [3.8, 4) is 6.07 Å². The van der Waals surface area contributed by atoms with E-state index >= 15 is 0 Å². The van der Waals surface area contributed by atoms with Gasteiger partial charge in [0.15, 0.2) is 0 Å². The number of nitrogens with zero attached hydrogens (tertiary/aromatic N) is 1. The summed E-state index contributed by atoms with van der Waals surface area (Å²) in [5.74, 6) is 0. The number of hydrogen-bond acceptors (Lipinski definition) is 3. The van der Waals surface area contributed by atoms with Gasteiger partial charge in [-0.2, -0.15) is 5.26 Å². The van der Waals surface area contributed by atoms with E-state index in [-0.39, 0.29) is 5.41 Å². The first-order valence-corrected chi connectivity index (χ1v) is 6.53. The maximum absolute atomic E-state index is 8.84. The van der Waals surface area contributed by atoms with Crippen molar-refractivity contribution in [2.24, 2.45) is 5.41 Å². The second-order valence-corrected chi connectivity index (χ2v) is 5.62. The first kappa shape index (κ1) is 13.2. The minimum atomic E-state index is -0.187. The minimum Gasteiger partial charge on any atom is -0.376 e. The van der Waals surface area contributed by atoms with Crippen LogP contribution >= 0.6 is 11.3 Å². The summed E-state index contributed by atoms with van der Waals surface area (Å²) in [6.45, 7) is 5.48. The molecule has 0 aliphatic carbocycles. The summed E-state index contributed by atoms with van der Waals surface area (Å²) in [6.07, 6.45) is 3.05. The van der Waals surface area contributed by atoms with Crippen LogP contribution in [0.5, 0.6) is 0 Å². The van der Waals surface area contributed by atoms with E-state index in [2.05, 4.69) is 17.5 Å².